The lowest BCUT2D eigenvalue weighted by Crippen LogP contribution is -2.37. The van der Waals surface area contributed by atoms with Gasteiger partial charge in [0.1, 0.15) is 6.04 Å². The van der Waals surface area contributed by atoms with E-state index >= 15 is 0 Å². The minimum Gasteiger partial charge on any atom is -0.480 e. The molecule has 2 atom stereocenters. The van der Waals surface area contributed by atoms with E-state index in [1.165, 1.54) is 0 Å². The maximum Gasteiger partial charge on any atom is 0.320 e. The van der Waals surface area contributed by atoms with Gasteiger partial charge in [-0.2, -0.15) is 5.10 Å². The number of likely N-dealkylation sites (tertiary alicyclic amines) is 2. The second kappa shape index (κ2) is 9.01. The number of hydrogen-bond donors (Lipinski definition) is 2. The van der Waals surface area contributed by atoms with Crippen LogP contribution in [0.25, 0.3) is 0 Å². The van der Waals surface area contributed by atoms with E-state index in [1.54, 1.807) is 6.20 Å². The summed E-state index contributed by atoms with van der Waals surface area (Å²) >= 11 is 0. The molecule has 0 unspecified atom stereocenters. The molecule has 2 N–H and O–H groups in total. The summed E-state index contributed by atoms with van der Waals surface area (Å²) in [4.78, 5) is 28.7. The summed E-state index contributed by atoms with van der Waals surface area (Å²) in [7, 11) is 0. The Morgan fingerprint density at radius 2 is 1.91 bits per heavy atom. The van der Waals surface area contributed by atoms with Crippen molar-refractivity contribution in [3.05, 3.63) is 29.8 Å². The number of aliphatic carboxylic acids is 1. The average Bonchev–Trinajstić information content (AvgIpc) is 3.60. The first kappa shape index (κ1) is 21.1. The topological polar surface area (TPSA) is 120 Å². The number of carbonyl (C=O) groups excluding carboxylic acids is 1. The van der Waals surface area contributed by atoms with Crippen molar-refractivity contribution in [1.29, 1.82) is 0 Å². The average molecular weight is 442 g/mol. The van der Waals surface area contributed by atoms with Gasteiger partial charge in [-0.3, -0.25) is 19.6 Å². The summed E-state index contributed by atoms with van der Waals surface area (Å²) in [5.41, 5.74) is 1.85. The molecular weight excluding hydrogens is 410 g/mol. The van der Waals surface area contributed by atoms with Crippen molar-refractivity contribution in [3.63, 3.8) is 0 Å². The Bertz CT molecular complexity index is 935. The number of aromatic amines is 1. The van der Waals surface area contributed by atoms with Crippen LogP contribution in [0.4, 0.5) is 0 Å². The molecule has 10 nitrogen and oxygen atoms in total. The zero-order valence-electron chi connectivity index (χ0n) is 18.3. The molecule has 1 aliphatic carbocycles. The fourth-order valence-electron chi connectivity index (χ4n) is 5.70. The molecule has 3 fully saturated rings. The van der Waals surface area contributed by atoms with Crippen molar-refractivity contribution in [1.82, 2.24) is 35.0 Å². The lowest BCUT2D eigenvalue weighted by Gasteiger charge is -2.32. The van der Waals surface area contributed by atoms with Crippen molar-refractivity contribution >= 4 is 11.9 Å². The summed E-state index contributed by atoms with van der Waals surface area (Å²) in [5.74, 6) is -0.419. The summed E-state index contributed by atoms with van der Waals surface area (Å²) in [6.07, 6.45) is 10.9. The molecule has 3 aliphatic rings. The van der Waals surface area contributed by atoms with E-state index in [4.69, 9.17) is 0 Å². The van der Waals surface area contributed by atoms with Crippen molar-refractivity contribution in [2.45, 2.75) is 76.0 Å². The van der Waals surface area contributed by atoms with Gasteiger partial charge in [-0.15, -0.1) is 5.10 Å². The zero-order chi connectivity index (χ0) is 22.1. The molecule has 2 aliphatic heterocycles. The number of H-pyrrole nitrogens is 1. The van der Waals surface area contributed by atoms with Crippen LogP contribution in [0.2, 0.25) is 0 Å². The van der Waals surface area contributed by atoms with Gasteiger partial charge in [0.15, 0.2) is 0 Å². The highest BCUT2D eigenvalue weighted by Gasteiger charge is 2.37. The second-order valence-corrected chi connectivity index (χ2v) is 9.36. The molecule has 5 rings (SSSR count). The molecule has 2 aromatic heterocycles. The molecule has 10 heteroatoms. The summed E-state index contributed by atoms with van der Waals surface area (Å²) < 4.78 is 1.92. The van der Waals surface area contributed by atoms with Crippen LogP contribution in [0.15, 0.2) is 18.5 Å². The van der Waals surface area contributed by atoms with Crippen LogP contribution in [0.5, 0.6) is 0 Å². The normalized spacial score (nSPS) is 28.9. The Hall–Kier alpha value is -2.75. The van der Waals surface area contributed by atoms with Gasteiger partial charge in [-0.1, -0.05) is 5.21 Å². The number of carboxylic acid groups (broad SMARTS) is 1. The number of nitrogens with zero attached hydrogens (tertiary/aromatic N) is 6. The SMILES string of the molecule is O=C(O)[C@@H]1CCCN1Cc1cn(C2CCC(C(=O)N3CCC[C@@H]3c3ccn[nH]3)CC2)nn1. The predicted molar refractivity (Wildman–Crippen MR) is 114 cm³/mol. The van der Waals surface area contributed by atoms with Crippen LogP contribution in [0, 0.1) is 5.92 Å². The number of carboxylic acids is 1. The van der Waals surface area contributed by atoms with Crippen LogP contribution in [0.3, 0.4) is 0 Å². The summed E-state index contributed by atoms with van der Waals surface area (Å²) in [5, 5.41) is 25.1. The number of nitrogens with one attached hydrogen (secondary N) is 1. The zero-order valence-corrected chi connectivity index (χ0v) is 18.3. The highest BCUT2D eigenvalue weighted by atomic mass is 16.4. The molecule has 2 aromatic rings. The quantitative estimate of drug-likeness (QED) is 0.705. The summed E-state index contributed by atoms with van der Waals surface area (Å²) in [6, 6.07) is 1.92. The molecule has 2 saturated heterocycles. The largest absolute Gasteiger partial charge is 0.480 e. The third-order valence-electron chi connectivity index (χ3n) is 7.41. The first-order valence-corrected chi connectivity index (χ1v) is 11.8. The third-order valence-corrected chi connectivity index (χ3v) is 7.41. The third kappa shape index (κ3) is 4.15. The van der Waals surface area contributed by atoms with Gasteiger partial charge in [-0.25, -0.2) is 4.68 Å². The number of rotatable bonds is 6. The Morgan fingerprint density at radius 1 is 1.09 bits per heavy atom. The molecule has 172 valence electrons. The van der Waals surface area contributed by atoms with Crippen molar-refractivity contribution < 1.29 is 14.7 Å². The van der Waals surface area contributed by atoms with Crippen LogP contribution in [-0.4, -0.2) is 71.1 Å². The molecule has 1 saturated carbocycles. The van der Waals surface area contributed by atoms with Crippen LogP contribution in [-0.2, 0) is 16.1 Å². The highest BCUT2D eigenvalue weighted by molar-refractivity contribution is 5.79. The Labute approximate surface area is 187 Å². The van der Waals surface area contributed by atoms with Crippen LogP contribution in [0.1, 0.15) is 74.8 Å². The first-order chi connectivity index (χ1) is 15.6. The van der Waals surface area contributed by atoms with Gasteiger partial charge >= 0.3 is 5.97 Å². The van der Waals surface area contributed by atoms with E-state index in [1.807, 2.05) is 26.7 Å². The minimum atomic E-state index is -0.759. The summed E-state index contributed by atoms with van der Waals surface area (Å²) in [6.45, 7) is 2.13. The lowest BCUT2D eigenvalue weighted by molar-refractivity contribution is -0.142. The number of aromatic nitrogens is 5. The minimum absolute atomic E-state index is 0.0682. The monoisotopic (exact) mass is 441 g/mol. The van der Waals surface area contributed by atoms with Crippen LogP contribution >= 0.6 is 0 Å². The maximum absolute atomic E-state index is 13.2. The molecule has 32 heavy (non-hydrogen) atoms. The van der Waals surface area contributed by atoms with Gasteiger partial charge in [0.05, 0.1) is 29.7 Å². The predicted octanol–water partition coefficient (Wildman–Crippen LogP) is 2.15. The lowest BCUT2D eigenvalue weighted by atomic mass is 9.85. The van der Waals surface area contributed by atoms with Crippen molar-refractivity contribution in [2.24, 2.45) is 5.92 Å². The Kier molecular flexibility index (Phi) is 5.95. The highest BCUT2D eigenvalue weighted by Crippen LogP contribution is 2.37. The fraction of sp³-hybridized carbons (Fsp3) is 0.682. The van der Waals surface area contributed by atoms with Crippen LogP contribution < -0.4 is 0 Å². The maximum atomic E-state index is 13.2. The van der Waals surface area contributed by atoms with E-state index in [9.17, 15) is 14.7 Å². The van der Waals surface area contributed by atoms with E-state index in [0.717, 1.165) is 69.4 Å². The van der Waals surface area contributed by atoms with E-state index < -0.39 is 12.0 Å². The standard InChI is InChI=1S/C22H31N7O3/c30-21(28-12-2-3-19(28)18-9-10-23-25-18)15-5-7-17(8-6-15)29-14-16(24-26-29)13-27-11-1-4-20(27)22(31)32/h9-10,14-15,17,19-20H,1-8,11-13H2,(H,23,25)(H,31,32)/t15?,17?,19-,20+/m1/s1. The molecular formula is C22H31N7O3. The van der Waals surface area contributed by atoms with Crippen molar-refractivity contribution in [3.8, 4) is 0 Å². The Balaban J connectivity index is 1.16. The second-order valence-electron chi connectivity index (χ2n) is 9.36. The molecule has 0 bridgehead atoms. The van der Waals surface area contributed by atoms with Gasteiger partial charge in [0, 0.05) is 25.2 Å². The smallest absolute Gasteiger partial charge is 0.320 e. The molecule has 4 heterocycles. The van der Waals surface area contributed by atoms with E-state index in [0.29, 0.717) is 13.0 Å². The molecule has 0 aromatic carbocycles. The first-order valence-electron chi connectivity index (χ1n) is 11.8. The van der Waals surface area contributed by atoms with Gasteiger partial charge in [0.2, 0.25) is 5.91 Å². The molecule has 0 radical (unpaired) electrons. The van der Waals surface area contributed by atoms with E-state index in [2.05, 4.69) is 20.5 Å². The molecule has 1 amide bonds. The van der Waals surface area contributed by atoms with Gasteiger partial charge in [-0.05, 0) is 64.0 Å². The van der Waals surface area contributed by atoms with E-state index in [-0.39, 0.29) is 23.9 Å². The van der Waals surface area contributed by atoms with Crippen molar-refractivity contribution in [2.75, 3.05) is 13.1 Å². The number of amides is 1. The van der Waals surface area contributed by atoms with Gasteiger partial charge < -0.3 is 10.0 Å². The number of carbonyl (C=O) groups is 2. The molecule has 0 spiro atoms. The van der Waals surface area contributed by atoms with Gasteiger partial charge in [0.25, 0.3) is 0 Å². The fourth-order valence-corrected chi connectivity index (χ4v) is 5.70. The Morgan fingerprint density at radius 3 is 2.66 bits per heavy atom. The number of hydrogen-bond acceptors (Lipinski definition) is 6.